The summed E-state index contributed by atoms with van der Waals surface area (Å²) in [6.45, 7) is 0.230. The van der Waals surface area contributed by atoms with Crippen LogP contribution in [-0.2, 0) is 11.3 Å². The molecule has 26 heavy (non-hydrogen) atoms. The van der Waals surface area contributed by atoms with Crippen molar-refractivity contribution >= 4 is 17.4 Å². The van der Waals surface area contributed by atoms with E-state index in [0.29, 0.717) is 16.8 Å². The van der Waals surface area contributed by atoms with Gasteiger partial charge in [-0.05, 0) is 41.5 Å². The van der Waals surface area contributed by atoms with E-state index in [1.807, 2.05) is 0 Å². The van der Waals surface area contributed by atoms with Crippen LogP contribution >= 0.6 is 0 Å². The number of ketones is 1. The molecule has 1 amide bonds. The number of hydrogen-bond donors (Lipinski definition) is 0. The first-order chi connectivity index (χ1) is 12.5. The lowest BCUT2D eigenvalue weighted by atomic mass is 10.0. The van der Waals surface area contributed by atoms with Gasteiger partial charge in [0.15, 0.2) is 0 Å². The van der Waals surface area contributed by atoms with Crippen molar-refractivity contribution < 1.29 is 18.4 Å². The molecular weight excluding hydrogens is 336 g/mol. The first-order valence-corrected chi connectivity index (χ1v) is 8.04. The molecule has 128 valence electrons. The third-order valence-electron chi connectivity index (χ3n) is 4.41. The maximum Gasteiger partial charge on any atom is 0.299 e. The van der Waals surface area contributed by atoms with Crippen LogP contribution in [0, 0.1) is 11.6 Å². The second kappa shape index (κ2) is 6.19. The standard InChI is InChI=1S/C21H13F2NO2/c22-15-9-10-18(23)17(11-15)14-7-5-13(6-8-14)12-24-19-4-2-1-3-16(19)20(25)21(24)26/h1-11H,12H2. The Bertz CT molecular complexity index is 1030. The highest BCUT2D eigenvalue weighted by molar-refractivity contribution is 6.52. The van der Waals surface area contributed by atoms with E-state index in [2.05, 4.69) is 0 Å². The maximum absolute atomic E-state index is 13.9. The number of carbonyl (C=O) groups excluding carboxylic acids is 2. The van der Waals surface area contributed by atoms with E-state index in [4.69, 9.17) is 0 Å². The van der Waals surface area contributed by atoms with Gasteiger partial charge >= 0.3 is 0 Å². The third kappa shape index (κ3) is 2.67. The molecule has 0 saturated carbocycles. The van der Waals surface area contributed by atoms with Crippen molar-refractivity contribution in [2.75, 3.05) is 4.90 Å². The molecule has 0 fully saturated rings. The quantitative estimate of drug-likeness (QED) is 0.659. The van der Waals surface area contributed by atoms with Crippen molar-refractivity contribution in [3.63, 3.8) is 0 Å². The number of anilines is 1. The fourth-order valence-corrected chi connectivity index (χ4v) is 3.10. The van der Waals surface area contributed by atoms with Gasteiger partial charge in [-0.1, -0.05) is 36.4 Å². The minimum absolute atomic E-state index is 0.175. The Hall–Kier alpha value is -3.34. The summed E-state index contributed by atoms with van der Waals surface area (Å²) in [7, 11) is 0. The minimum Gasteiger partial charge on any atom is -0.300 e. The lowest BCUT2D eigenvalue weighted by Crippen LogP contribution is -2.29. The van der Waals surface area contributed by atoms with E-state index in [9.17, 15) is 18.4 Å². The van der Waals surface area contributed by atoms with E-state index in [0.717, 1.165) is 23.8 Å². The Labute approximate surface area is 148 Å². The first kappa shape index (κ1) is 16.1. The summed E-state index contributed by atoms with van der Waals surface area (Å²) in [5.41, 5.74) is 2.48. The average Bonchev–Trinajstić information content (AvgIpc) is 2.90. The van der Waals surface area contributed by atoms with Crippen LogP contribution in [0.2, 0.25) is 0 Å². The molecule has 0 bridgehead atoms. The SMILES string of the molecule is O=C1C(=O)N(Cc2ccc(-c3cc(F)ccc3F)cc2)c2ccccc21. The monoisotopic (exact) mass is 349 g/mol. The second-order valence-electron chi connectivity index (χ2n) is 6.06. The molecule has 3 nitrogen and oxygen atoms in total. The zero-order valence-corrected chi connectivity index (χ0v) is 13.6. The number of para-hydroxylation sites is 1. The number of Topliss-reactive ketones (excluding diaryl/α,β-unsaturated/α-hetero) is 1. The topological polar surface area (TPSA) is 37.4 Å². The van der Waals surface area contributed by atoms with Crippen LogP contribution in [-0.4, -0.2) is 11.7 Å². The number of benzene rings is 3. The summed E-state index contributed by atoms with van der Waals surface area (Å²) >= 11 is 0. The van der Waals surface area contributed by atoms with E-state index in [-0.39, 0.29) is 12.1 Å². The summed E-state index contributed by atoms with van der Waals surface area (Å²) in [6, 6.07) is 17.0. The molecule has 0 radical (unpaired) electrons. The summed E-state index contributed by atoms with van der Waals surface area (Å²) in [5.74, 6) is -2.10. The van der Waals surface area contributed by atoms with Crippen molar-refractivity contribution in [3.8, 4) is 11.1 Å². The maximum atomic E-state index is 13.9. The van der Waals surface area contributed by atoms with Crippen LogP contribution in [0.15, 0.2) is 66.7 Å². The summed E-state index contributed by atoms with van der Waals surface area (Å²) in [4.78, 5) is 25.7. The molecule has 3 aromatic rings. The van der Waals surface area contributed by atoms with E-state index >= 15 is 0 Å². The van der Waals surface area contributed by atoms with Gasteiger partial charge in [-0.25, -0.2) is 8.78 Å². The molecule has 0 saturated heterocycles. The normalized spacial score (nSPS) is 13.2. The second-order valence-corrected chi connectivity index (χ2v) is 6.06. The highest BCUT2D eigenvalue weighted by Crippen LogP contribution is 2.30. The van der Waals surface area contributed by atoms with Gasteiger partial charge < -0.3 is 4.90 Å². The Morgan fingerprint density at radius 2 is 1.54 bits per heavy atom. The number of carbonyl (C=O) groups is 2. The molecule has 1 aliphatic heterocycles. The number of hydrogen-bond acceptors (Lipinski definition) is 2. The predicted octanol–water partition coefficient (Wildman–Crippen LogP) is 4.36. The average molecular weight is 349 g/mol. The van der Waals surface area contributed by atoms with Crippen LogP contribution < -0.4 is 4.90 Å². The molecular formula is C21H13F2NO2. The van der Waals surface area contributed by atoms with E-state index in [1.54, 1.807) is 48.5 Å². The number of halogens is 2. The smallest absolute Gasteiger partial charge is 0.299 e. The summed E-state index contributed by atoms with van der Waals surface area (Å²) in [6.07, 6.45) is 0. The number of fused-ring (bicyclic) bond motifs is 1. The van der Waals surface area contributed by atoms with Crippen molar-refractivity contribution in [1.29, 1.82) is 0 Å². The van der Waals surface area contributed by atoms with Gasteiger partial charge in [0.05, 0.1) is 17.8 Å². The molecule has 0 spiro atoms. The molecule has 0 atom stereocenters. The molecule has 1 aliphatic rings. The summed E-state index contributed by atoms with van der Waals surface area (Å²) in [5, 5.41) is 0. The molecule has 5 heteroatoms. The van der Waals surface area contributed by atoms with Crippen LogP contribution in [0.25, 0.3) is 11.1 Å². The van der Waals surface area contributed by atoms with Crippen molar-refractivity contribution in [2.45, 2.75) is 6.54 Å². The molecule has 3 aromatic carbocycles. The fraction of sp³-hybridized carbons (Fsp3) is 0.0476. The van der Waals surface area contributed by atoms with E-state index in [1.165, 1.54) is 4.90 Å². The zero-order chi connectivity index (χ0) is 18.3. The van der Waals surface area contributed by atoms with Gasteiger partial charge in [-0.15, -0.1) is 0 Å². The van der Waals surface area contributed by atoms with Gasteiger partial charge in [0.25, 0.3) is 11.7 Å². The molecule has 1 heterocycles. The molecule has 4 rings (SSSR count). The van der Waals surface area contributed by atoms with Crippen molar-refractivity contribution in [2.24, 2.45) is 0 Å². The Balaban J connectivity index is 1.62. The van der Waals surface area contributed by atoms with Crippen molar-refractivity contribution in [1.82, 2.24) is 0 Å². The van der Waals surface area contributed by atoms with Gasteiger partial charge in [-0.3, -0.25) is 9.59 Å². The summed E-state index contributed by atoms with van der Waals surface area (Å²) < 4.78 is 27.2. The third-order valence-corrected chi connectivity index (χ3v) is 4.41. The Morgan fingerprint density at radius 3 is 2.31 bits per heavy atom. The largest absolute Gasteiger partial charge is 0.300 e. The van der Waals surface area contributed by atoms with Gasteiger partial charge in [0.2, 0.25) is 0 Å². The van der Waals surface area contributed by atoms with Crippen LogP contribution in [0.5, 0.6) is 0 Å². The molecule has 0 aliphatic carbocycles. The van der Waals surface area contributed by atoms with Crippen LogP contribution in [0.3, 0.4) is 0 Å². The van der Waals surface area contributed by atoms with Gasteiger partial charge in [-0.2, -0.15) is 0 Å². The fourth-order valence-electron chi connectivity index (χ4n) is 3.10. The van der Waals surface area contributed by atoms with Crippen LogP contribution in [0.4, 0.5) is 14.5 Å². The number of amides is 1. The highest BCUT2D eigenvalue weighted by Gasteiger charge is 2.35. The van der Waals surface area contributed by atoms with Crippen molar-refractivity contribution in [3.05, 3.63) is 89.5 Å². The molecule has 0 N–H and O–H groups in total. The van der Waals surface area contributed by atoms with Crippen LogP contribution in [0.1, 0.15) is 15.9 Å². The van der Waals surface area contributed by atoms with Gasteiger partial charge in [0.1, 0.15) is 11.6 Å². The zero-order valence-electron chi connectivity index (χ0n) is 13.6. The number of rotatable bonds is 3. The van der Waals surface area contributed by atoms with Gasteiger partial charge in [0, 0.05) is 5.56 Å². The number of nitrogens with zero attached hydrogens (tertiary/aromatic N) is 1. The van der Waals surface area contributed by atoms with E-state index < -0.39 is 23.3 Å². The Morgan fingerprint density at radius 1 is 0.808 bits per heavy atom. The highest BCUT2D eigenvalue weighted by atomic mass is 19.1. The first-order valence-electron chi connectivity index (χ1n) is 8.04. The Kier molecular flexibility index (Phi) is 3.84. The lowest BCUT2D eigenvalue weighted by molar-refractivity contribution is -0.114. The molecule has 0 unspecified atom stereocenters. The minimum atomic E-state index is -0.563. The lowest BCUT2D eigenvalue weighted by Gasteiger charge is -2.16. The molecule has 0 aromatic heterocycles. The predicted molar refractivity (Wildman–Crippen MR) is 93.8 cm³/mol.